The number of fused-ring (bicyclic) bond motifs is 2. The Bertz CT molecular complexity index is 3780. The van der Waals surface area contributed by atoms with E-state index in [0.717, 1.165) is 21.7 Å². The molecule has 0 aliphatic carbocycles. The number of carbonyl (C=O) groups is 4. The number of amides is 2. The lowest BCUT2D eigenvalue weighted by atomic mass is 10.0. The first kappa shape index (κ1) is 57.4. The van der Waals surface area contributed by atoms with Crippen LogP contribution in [0.15, 0.2) is 102 Å². The summed E-state index contributed by atoms with van der Waals surface area (Å²) in [5, 5.41) is 31.9. The van der Waals surface area contributed by atoms with Crippen molar-refractivity contribution in [3.05, 3.63) is 157 Å². The Morgan fingerprint density at radius 3 is 1.48 bits per heavy atom. The molecule has 0 saturated carbocycles. The monoisotopic (exact) mass is 1160 g/mol. The van der Waals surface area contributed by atoms with Crippen LogP contribution in [0.3, 0.4) is 0 Å². The number of carbonyl (C=O) groups excluding carboxylic acids is 2. The van der Waals surface area contributed by atoms with Crippen LogP contribution in [0, 0.1) is 6.92 Å². The van der Waals surface area contributed by atoms with Gasteiger partial charge in [-0.15, -0.1) is 0 Å². The summed E-state index contributed by atoms with van der Waals surface area (Å²) in [6.45, 7) is 1.69. The first-order valence-corrected chi connectivity index (χ1v) is 25.5. The van der Waals surface area contributed by atoms with Crippen molar-refractivity contribution in [1.82, 2.24) is 40.2 Å². The third kappa shape index (κ3) is 12.9. The van der Waals surface area contributed by atoms with E-state index in [4.69, 9.17) is 46.4 Å². The molecule has 0 spiro atoms. The second-order valence-corrected chi connectivity index (χ2v) is 20.7. The van der Waals surface area contributed by atoms with Gasteiger partial charge in [0, 0.05) is 44.0 Å². The van der Waals surface area contributed by atoms with E-state index in [2.05, 4.69) is 30.8 Å². The highest BCUT2D eigenvalue weighted by Crippen LogP contribution is 2.41. The fourth-order valence-electron chi connectivity index (χ4n) is 7.91. The number of aryl methyl sites for hydroxylation is 3. The third-order valence-corrected chi connectivity index (χ3v) is 14.3. The largest absolute Gasteiger partial charge is 0.480 e. The molecule has 8 rings (SSSR count). The molecule has 2 unspecified atom stereocenters. The number of nitrogens with zero attached hydrogens (tertiary/aromatic N) is 6. The van der Waals surface area contributed by atoms with E-state index in [-0.39, 0.29) is 71.7 Å². The Balaban J connectivity index is 0.000000224. The number of rotatable bonds is 13. The van der Waals surface area contributed by atoms with Gasteiger partial charge in [0.1, 0.15) is 22.4 Å². The van der Waals surface area contributed by atoms with E-state index in [1.807, 2.05) is 0 Å². The summed E-state index contributed by atoms with van der Waals surface area (Å²) in [7, 11) is -0.980. The van der Waals surface area contributed by atoms with Gasteiger partial charge in [0.05, 0.1) is 59.6 Å². The maximum Gasteiger partial charge on any atom is 0.435 e. The molecule has 4 N–H and O–H groups in total. The highest BCUT2D eigenvalue weighted by Gasteiger charge is 2.41. The molecule has 2 atom stereocenters. The van der Waals surface area contributed by atoms with Gasteiger partial charge in [0.15, 0.2) is 21.2 Å². The van der Waals surface area contributed by atoms with E-state index in [0.29, 0.717) is 38.5 Å². The molecule has 0 saturated heterocycles. The van der Waals surface area contributed by atoms with Crippen LogP contribution in [0.25, 0.3) is 44.3 Å². The van der Waals surface area contributed by atoms with E-state index in [1.54, 1.807) is 55.5 Å². The second-order valence-electron chi connectivity index (χ2n) is 17.2. The minimum Gasteiger partial charge on any atom is -0.480 e. The van der Waals surface area contributed by atoms with Crippen LogP contribution in [0.2, 0.25) is 20.4 Å². The Morgan fingerprint density at radius 2 is 1.08 bits per heavy atom. The Kier molecular flexibility index (Phi) is 16.7. The molecule has 2 amide bonds. The zero-order valence-electron chi connectivity index (χ0n) is 40.0. The van der Waals surface area contributed by atoms with Gasteiger partial charge in [-0.3, -0.25) is 19.0 Å². The number of hydrogen-bond acceptors (Lipinski definition) is 10. The molecular weight excluding hydrogens is 1130 g/mol. The predicted molar refractivity (Wildman–Crippen MR) is 274 cm³/mol. The summed E-state index contributed by atoms with van der Waals surface area (Å²) in [6.07, 6.45) is -8.69. The van der Waals surface area contributed by atoms with Gasteiger partial charge in [-0.1, -0.05) is 82.8 Å². The maximum absolute atomic E-state index is 13.5. The number of nitrogens with one attached hydrogen (secondary N) is 2. The summed E-state index contributed by atoms with van der Waals surface area (Å²) in [5.41, 5.74) is -0.608. The zero-order chi connectivity index (χ0) is 56.6. The number of pyridine rings is 2. The van der Waals surface area contributed by atoms with Crippen molar-refractivity contribution in [3.8, 4) is 22.5 Å². The molecule has 27 heteroatoms. The van der Waals surface area contributed by atoms with Crippen LogP contribution < -0.4 is 10.6 Å². The van der Waals surface area contributed by atoms with Crippen molar-refractivity contribution in [2.45, 2.75) is 49.1 Å². The van der Waals surface area contributed by atoms with Crippen molar-refractivity contribution in [2.24, 2.45) is 14.1 Å². The number of hydrogen-bond donors (Lipinski definition) is 4. The van der Waals surface area contributed by atoms with Gasteiger partial charge in [-0.2, -0.15) is 36.5 Å². The number of aliphatic carboxylic acids is 2. The minimum atomic E-state index is -4.75. The fraction of sp³-hybridized carbons (Fsp3) is 0.200. The van der Waals surface area contributed by atoms with Crippen molar-refractivity contribution >= 4 is 102 Å². The van der Waals surface area contributed by atoms with Crippen LogP contribution >= 0.6 is 46.4 Å². The SMILES string of the molecule is Cc1cccc(Cl)c1C(=O)NC(Cc1ccc2nc(-c3c(C(F)(F)F)nn(C)c3Cl)ccc2c1)C(=O)O.Cn1nc(C(F)(F)F)c(-c2ccc3cc(CC(NC(=O)c4ccc(S(C)(=O)=O)cc4Cl)C(=O)O)ccc3n2)c1Cl. The lowest BCUT2D eigenvalue weighted by molar-refractivity contribution is -0.141. The maximum atomic E-state index is 13.5. The average molecular weight is 1170 g/mol. The summed E-state index contributed by atoms with van der Waals surface area (Å²) in [4.78, 5) is 57.8. The summed E-state index contributed by atoms with van der Waals surface area (Å²) in [6, 6.07) is 21.0. The summed E-state index contributed by atoms with van der Waals surface area (Å²) >= 11 is 24.4. The van der Waals surface area contributed by atoms with Crippen molar-refractivity contribution < 1.29 is 64.2 Å². The number of sulfone groups is 1. The van der Waals surface area contributed by atoms with Crippen LogP contribution in [-0.2, 0) is 58.7 Å². The van der Waals surface area contributed by atoms with Crippen LogP contribution in [-0.4, -0.2) is 90.3 Å². The molecule has 8 aromatic rings. The molecule has 0 bridgehead atoms. The zero-order valence-corrected chi connectivity index (χ0v) is 43.9. The molecule has 0 radical (unpaired) electrons. The molecular formula is C50H38Cl4F6N8O8S. The Hall–Kier alpha value is -7.31. The molecule has 4 aromatic carbocycles. The number of carboxylic acids is 2. The van der Waals surface area contributed by atoms with Gasteiger partial charge in [0.2, 0.25) is 0 Å². The predicted octanol–water partition coefficient (Wildman–Crippen LogP) is 10.5. The number of halogens is 10. The molecule has 0 fully saturated rings. The van der Waals surface area contributed by atoms with Gasteiger partial charge in [-0.05, 0) is 84.3 Å². The summed E-state index contributed by atoms with van der Waals surface area (Å²) < 4.78 is 106. The third-order valence-electron chi connectivity index (χ3n) is 11.7. The van der Waals surface area contributed by atoms with Gasteiger partial charge in [0.25, 0.3) is 11.8 Å². The van der Waals surface area contributed by atoms with Crippen LogP contribution in [0.4, 0.5) is 26.3 Å². The van der Waals surface area contributed by atoms with E-state index in [1.165, 1.54) is 56.6 Å². The van der Waals surface area contributed by atoms with Gasteiger partial charge < -0.3 is 20.8 Å². The highest BCUT2D eigenvalue weighted by molar-refractivity contribution is 7.90. The van der Waals surface area contributed by atoms with Crippen LogP contribution in [0.5, 0.6) is 0 Å². The average Bonchev–Trinajstić information content (AvgIpc) is 3.87. The van der Waals surface area contributed by atoms with E-state index < -0.39 is 69.4 Å². The second kappa shape index (κ2) is 22.3. The first-order valence-electron chi connectivity index (χ1n) is 22.1. The fourth-order valence-corrected chi connectivity index (χ4v) is 9.64. The number of benzene rings is 4. The van der Waals surface area contributed by atoms with Crippen molar-refractivity contribution in [2.75, 3.05) is 6.26 Å². The molecule has 4 aromatic heterocycles. The molecule has 16 nitrogen and oxygen atoms in total. The smallest absolute Gasteiger partial charge is 0.435 e. The van der Waals surface area contributed by atoms with Crippen molar-refractivity contribution in [3.63, 3.8) is 0 Å². The lowest BCUT2D eigenvalue weighted by Gasteiger charge is -2.16. The summed E-state index contributed by atoms with van der Waals surface area (Å²) in [5.74, 6) is -4.01. The Morgan fingerprint density at radius 1 is 0.623 bits per heavy atom. The number of alkyl halides is 6. The number of carboxylic acid groups (broad SMARTS) is 2. The molecule has 77 heavy (non-hydrogen) atoms. The lowest BCUT2D eigenvalue weighted by Crippen LogP contribution is -2.42. The van der Waals surface area contributed by atoms with E-state index >= 15 is 0 Å². The minimum absolute atomic E-state index is 0.00328. The first-order chi connectivity index (χ1) is 35.9. The molecule has 402 valence electrons. The molecule has 4 heterocycles. The van der Waals surface area contributed by atoms with Gasteiger partial charge in [-0.25, -0.2) is 28.0 Å². The van der Waals surface area contributed by atoms with E-state index in [9.17, 15) is 64.2 Å². The molecule has 0 aliphatic rings. The van der Waals surface area contributed by atoms with Gasteiger partial charge >= 0.3 is 24.3 Å². The van der Waals surface area contributed by atoms with Crippen LogP contribution in [0.1, 0.15) is 48.8 Å². The van der Waals surface area contributed by atoms with Crippen molar-refractivity contribution in [1.29, 1.82) is 0 Å². The topological polar surface area (TPSA) is 228 Å². The number of aromatic nitrogens is 6. The molecule has 0 aliphatic heterocycles. The quantitative estimate of drug-likeness (QED) is 0.0791. The standard InChI is InChI=1S/C25H19Cl2F3N4O5S.C25H19Cl2F3N4O3/c1-34-22(27)20(21(33-34)25(28,29)30)18-8-4-13-9-12(3-7-17(13)31-18)10-19(24(36)37)32-23(35)15-6-5-14(11-16(15)26)40(2,38)39;1-12-4-3-5-15(26)19(12)23(35)32-18(24(36)37)11-13-6-8-16-14(10-13)7-9-17(31-16)20-21(25(28,29)30)33-34(2)22(20)27/h3-9,11,19H,10H2,1-2H3,(H,32,35)(H,36,37);3-10,18H,11H2,1-2H3,(H,32,35)(H,36,37). The normalized spacial score (nSPS) is 12.7. The Labute approximate surface area is 452 Å². The highest BCUT2D eigenvalue weighted by atomic mass is 35.5.